The van der Waals surface area contributed by atoms with E-state index < -0.39 is 0 Å². The number of morpholine rings is 1. The van der Waals surface area contributed by atoms with Crippen LogP contribution < -0.4 is 15.4 Å². The Morgan fingerprint density at radius 1 is 1.45 bits per heavy atom. The summed E-state index contributed by atoms with van der Waals surface area (Å²) in [4.78, 5) is 26.5. The Hall–Kier alpha value is -3.84. The van der Waals surface area contributed by atoms with Crippen molar-refractivity contribution in [3.05, 3.63) is 35.7 Å². The molecule has 0 radical (unpaired) electrons. The second-order valence-electron chi connectivity index (χ2n) is 7.18. The number of carbonyl (C=O) groups excluding carboxylic acids is 1. The standard InChI is InChI=1S/C21H23N7O3/c1-12-11-28(4-5-31-12)21(29)13-6-16(30-3)19(24-9-13)26-17-7-15(23-2)18-14(8-22)10-25-20(18)27-17/h6-7,9-10,12H,4-5,11H2,1-3H3,(H3,23,24,25,26,27)/t12-/m1/s1. The number of nitriles is 1. The zero-order chi connectivity index (χ0) is 22.0. The molecule has 10 heteroatoms. The molecule has 0 aromatic carbocycles. The zero-order valence-corrected chi connectivity index (χ0v) is 17.5. The minimum Gasteiger partial charge on any atom is -0.493 e. The molecule has 4 heterocycles. The summed E-state index contributed by atoms with van der Waals surface area (Å²) in [5.41, 5.74) is 2.27. The van der Waals surface area contributed by atoms with Gasteiger partial charge in [-0.2, -0.15) is 5.26 Å². The fraction of sp³-hybridized carbons (Fsp3) is 0.333. The van der Waals surface area contributed by atoms with Gasteiger partial charge in [0.25, 0.3) is 5.91 Å². The second-order valence-corrected chi connectivity index (χ2v) is 7.18. The maximum Gasteiger partial charge on any atom is 0.255 e. The maximum atomic E-state index is 12.8. The number of aromatic amines is 1. The zero-order valence-electron chi connectivity index (χ0n) is 17.5. The number of hydrogen-bond donors (Lipinski definition) is 3. The van der Waals surface area contributed by atoms with Crippen molar-refractivity contribution in [3.63, 3.8) is 0 Å². The van der Waals surface area contributed by atoms with E-state index in [2.05, 4.69) is 31.7 Å². The fourth-order valence-electron chi connectivity index (χ4n) is 3.60. The van der Waals surface area contributed by atoms with Gasteiger partial charge >= 0.3 is 0 Å². The van der Waals surface area contributed by atoms with E-state index in [-0.39, 0.29) is 12.0 Å². The normalized spacial score (nSPS) is 16.1. The summed E-state index contributed by atoms with van der Waals surface area (Å²) in [6.07, 6.45) is 3.15. The first-order valence-corrected chi connectivity index (χ1v) is 9.86. The third-order valence-electron chi connectivity index (χ3n) is 5.13. The number of H-pyrrole nitrogens is 1. The van der Waals surface area contributed by atoms with E-state index in [1.54, 1.807) is 30.3 Å². The van der Waals surface area contributed by atoms with Crippen molar-refractivity contribution >= 4 is 34.3 Å². The minimum absolute atomic E-state index is 0.00500. The predicted octanol–water partition coefficient (Wildman–Crippen LogP) is 2.48. The van der Waals surface area contributed by atoms with Gasteiger partial charge in [-0.1, -0.05) is 0 Å². The third kappa shape index (κ3) is 3.95. The molecule has 31 heavy (non-hydrogen) atoms. The molecule has 0 spiro atoms. The van der Waals surface area contributed by atoms with E-state index in [4.69, 9.17) is 9.47 Å². The molecule has 1 aliphatic heterocycles. The summed E-state index contributed by atoms with van der Waals surface area (Å²) in [6, 6.07) is 5.60. The van der Waals surface area contributed by atoms with Crippen LogP contribution in [0.4, 0.5) is 17.3 Å². The molecular formula is C21H23N7O3. The van der Waals surface area contributed by atoms with Gasteiger partial charge in [0.05, 0.1) is 36.3 Å². The molecule has 0 aliphatic carbocycles. The predicted molar refractivity (Wildman–Crippen MR) is 116 cm³/mol. The average molecular weight is 421 g/mol. The number of nitrogens with one attached hydrogen (secondary N) is 3. The summed E-state index contributed by atoms with van der Waals surface area (Å²) in [7, 11) is 3.30. The number of pyridine rings is 2. The van der Waals surface area contributed by atoms with E-state index in [1.165, 1.54) is 13.3 Å². The summed E-state index contributed by atoms with van der Waals surface area (Å²) < 4.78 is 11.0. The van der Waals surface area contributed by atoms with Crippen LogP contribution in [0.3, 0.4) is 0 Å². The topological polar surface area (TPSA) is 128 Å². The highest BCUT2D eigenvalue weighted by molar-refractivity contribution is 5.97. The molecule has 10 nitrogen and oxygen atoms in total. The van der Waals surface area contributed by atoms with Crippen LogP contribution in [0.25, 0.3) is 11.0 Å². The fourth-order valence-corrected chi connectivity index (χ4v) is 3.60. The lowest BCUT2D eigenvalue weighted by atomic mass is 10.2. The van der Waals surface area contributed by atoms with Crippen LogP contribution >= 0.6 is 0 Å². The van der Waals surface area contributed by atoms with Crippen molar-refractivity contribution in [2.45, 2.75) is 13.0 Å². The Morgan fingerprint density at radius 2 is 2.29 bits per heavy atom. The quantitative estimate of drug-likeness (QED) is 0.573. The van der Waals surface area contributed by atoms with Gasteiger partial charge in [0.2, 0.25) is 0 Å². The minimum atomic E-state index is -0.111. The molecule has 0 saturated carbocycles. The molecular weight excluding hydrogens is 398 g/mol. The van der Waals surface area contributed by atoms with Crippen molar-refractivity contribution in [1.82, 2.24) is 19.9 Å². The van der Waals surface area contributed by atoms with Gasteiger partial charge in [-0.25, -0.2) is 9.97 Å². The molecule has 1 fully saturated rings. The number of rotatable bonds is 5. The summed E-state index contributed by atoms with van der Waals surface area (Å²) >= 11 is 0. The number of methoxy groups -OCH3 is 1. The molecule has 3 N–H and O–H groups in total. The molecule has 3 aromatic heterocycles. The molecule has 0 bridgehead atoms. The Bertz CT molecular complexity index is 1170. The van der Waals surface area contributed by atoms with Crippen LogP contribution in [0, 0.1) is 11.3 Å². The molecule has 160 valence electrons. The van der Waals surface area contributed by atoms with Crippen molar-refractivity contribution in [1.29, 1.82) is 5.26 Å². The second kappa shape index (κ2) is 8.49. The number of hydrogen-bond acceptors (Lipinski definition) is 8. The molecule has 1 amide bonds. The molecule has 3 aromatic rings. The highest BCUT2D eigenvalue weighted by Crippen LogP contribution is 2.31. The van der Waals surface area contributed by atoms with E-state index in [1.807, 2.05) is 6.92 Å². The molecule has 0 unspecified atom stereocenters. The van der Waals surface area contributed by atoms with E-state index in [0.717, 1.165) is 11.1 Å². The lowest BCUT2D eigenvalue weighted by molar-refractivity contribution is -0.0124. The monoisotopic (exact) mass is 421 g/mol. The summed E-state index contributed by atoms with van der Waals surface area (Å²) in [6.45, 7) is 3.55. The number of carbonyl (C=O) groups is 1. The lowest BCUT2D eigenvalue weighted by Gasteiger charge is -2.31. The Kier molecular flexibility index (Phi) is 5.60. The van der Waals surface area contributed by atoms with Crippen molar-refractivity contribution in [3.8, 4) is 11.8 Å². The highest BCUT2D eigenvalue weighted by Gasteiger charge is 2.24. The van der Waals surface area contributed by atoms with E-state index >= 15 is 0 Å². The first-order chi connectivity index (χ1) is 15.0. The Morgan fingerprint density at radius 3 is 3.00 bits per heavy atom. The van der Waals surface area contributed by atoms with Crippen LogP contribution in [0.15, 0.2) is 24.5 Å². The van der Waals surface area contributed by atoms with Gasteiger partial charge in [-0.15, -0.1) is 0 Å². The number of nitrogens with zero attached hydrogens (tertiary/aromatic N) is 4. The molecule has 4 rings (SSSR count). The molecule has 1 saturated heterocycles. The van der Waals surface area contributed by atoms with Crippen LogP contribution in [0.5, 0.6) is 5.75 Å². The largest absolute Gasteiger partial charge is 0.493 e. The van der Waals surface area contributed by atoms with Crippen LogP contribution in [0.1, 0.15) is 22.8 Å². The summed E-state index contributed by atoms with van der Waals surface area (Å²) in [5.74, 6) is 1.25. The average Bonchev–Trinajstić information content (AvgIpc) is 3.21. The number of amides is 1. The number of aromatic nitrogens is 3. The number of fused-ring (bicyclic) bond motifs is 1. The van der Waals surface area contributed by atoms with Crippen molar-refractivity contribution in [2.75, 3.05) is 44.5 Å². The SMILES string of the molecule is CNc1cc(Nc2ncc(C(=O)N3CCO[C@H](C)C3)cc2OC)nc2[nH]cc(C#N)c12. The van der Waals surface area contributed by atoms with Gasteiger partial charge in [-0.3, -0.25) is 4.79 Å². The molecule has 1 aliphatic rings. The number of anilines is 3. The summed E-state index contributed by atoms with van der Waals surface area (Å²) in [5, 5.41) is 16.2. The van der Waals surface area contributed by atoms with Crippen molar-refractivity contribution < 1.29 is 14.3 Å². The number of ether oxygens (including phenoxy) is 2. The molecule has 1 atom stereocenters. The van der Waals surface area contributed by atoms with Gasteiger partial charge < -0.3 is 30.0 Å². The Balaban J connectivity index is 1.62. The maximum absolute atomic E-state index is 12.8. The smallest absolute Gasteiger partial charge is 0.255 e. The van der Waals surface area contributed by atoms with Crippen LogP contribution in [-0.4, -0.2) is 65.7 Å². The van der Waals surface area contributed by atoms with Crippen LogP contribution in [0.2, 0.25) is 0 Å². The van der Waals surface area contributed by atoms with Crippen LogP contribution in [-0.2, 0) is 4.74 Å². The van der Waals surface area contributed by atoms with Gasteiger partial charge in [-0.05, 0) is 13.0 Å². The third-order valence-corrected chi connectivity index (χ3v) is 5.13. The van der Waals surface area contributed by atoms with E-state index in [9.17, 15) is 10.1 Å². The Labute approximate surface area is 179 Å². The van der Waals surface area contributed by atoms with Gasteiger partial charge in [0.15, 0.2) is 11.6 Å². The first kappa shape index (κ1) is 20.4. The van der Waals surface area contributed by atoms with Crippen molar-refractivity contribution in [2.24, 2.45) is 0 Å². The van der Waals surface area contributed by atoms with E-state index in [0.29, 0.717) is 53.9 Å². The van der Waals surface area contributed by atoms with Gasteiger partial charge in [0.1, 0.15) is 17.5 Å². The van der Waals surface area contributed by atoms with Gasteiger partial charge in [0, 0.05) is 44.3 Å². The highest BCUT2D eigenvalue weighted by atomic mass is 16.5. The first-order valence-electron chi connectivity index (χ1n) is 9.86. The lowest BCUT2D eigenvalue weighted by Crippen LogP contribution is -2.44.